The van der Waals surface area contributed by atoms with Crippen LogP contribution in [0.1, 0.15) is 6.92 Å². The first-order valence-corrected chi connectivity index (χ1v) is 3.77. The van der Waals surface area contributed by atoms with Crippen LogP contribution in [-0.4, -0.2) is 43.8 Å². The lowest BCUT2D eigenvalue weighted by Gasteiger charge is -2.36. The monoisotopic (exact) mass is 144 g/mol. The van der Waals surface area contributed by atoms with Gasteiger partial charge in [0.15, 0.2) is 0 Å². The highest BCUT2D eigenvalue weighted by Crippen LogP contribution is 2.09. The highest BCUT2D eigenvalue weighted by atomic mass is 16.5. The molecular formula is C7H16N2O. The van der Waals surface area contributed by atoms with E-state index in [1.807, 2.05) is 0 Å². The Hall–Kier alpha value is -0.120. The Morgan fingerprint density at radius 1 is 1.70 bits per heavy atom. The molecule has 0 amide bonds. The fraction of sp³-hybridized carbons (Fsp3) is 1.00. The molecule has 2 N–H and O–H groups in total. The summed E-state index contributed by atoms with van der Waals surface area (Å²) in [5.41, 5.74) is 5.56. The van der Waals surface area contributed by atoms with E-state index in [1.54, 1.807) is 0 Å². The first-order valence-electron chi connectivity index (χ1n) is 3.77. The van der Waals surface area contributed by atoms with E-state index in [1.165, 1.54) is 0 Å². The average molecular weight is 144 g/mol. The van der Waals surface area contributed by atoms with Crippen molar-refractivity contribution in [3.8, 4) is 0 Å². The molecule has 0 aliphatic carbocycles. The maximum Gasteiger partial charge on any atom is 0.0714 e. The summed E-state index contributed by atoms with van der Waals surface area (Å²) in [6, 6.07) is 0.411. The van der Waals surface area contributed by atoms with Gasteiger partial charge in [-0.1, -0.05) is 0 Å². The molecule has 1 saturated heterocycles. The summed E-state index contributed by atoms with van der Waals surface area (Å²) in [6.07, 6.45) is 0.295. The number of rotatable bonds is 1. The first-order chi connectivity index (χ1) is 4.75. The minimum Gasteiger partial charge on any atom is -0.376 e. The van der Waals surface area contributed by atoms with Crippen molar-refractivity contribution in [2.24, 2.45) is 5.73 Å². The zero-order chi connectivity index (χ0) is 7.56. The van der Waals surface area contributed by atoms with Crippen LogP contribution in [0.3, 0.4) is 0 Å². The van der Waals surface area contributed by atoms with Gasteiger partial charge >= 0.3 is 0 Å². The van der Waals surface area contributed by atoms with Crippen molar-refractivity contribution < 1.29 is 4.74 Å². The summed E-state index contributed by atoms with van der Waals surface area (Å²) in [5, 5.41) is 0. The molecule has 0 bridgehead atoms. The number of nitrogens with two attached hydrogens (primary N) is 1. The third-order valence-electron chi connectivity index (χ3n) is 2.17. The summed E-state index contributed by atoms with van der Waals surface area (Å²) in [5.74, 6) is 0. The van der Waals surface area contributed by atoms with Gasteiger partial charge in [0.25, 0.3) is 0 Å². The third kappa shape index (κ3) is 1.48. The number of hydrogen-bond acceptors (Lipinski definition) is 3. The quantitative estimate of drug-likeness (QED) is 0.547. The van der Waals surface area contributed by atoms with Crippen molar-refractivity contribution in [3.05, 3.63) is 0 Å². The van der Waals surface area contributed by atoms with Crippen molar-refractivity contribution in [1.82, 2.24) is 4.90 Å². The van der Waals surface area contributed by atoms with E-state index in [9.17, 15) is 0 Å². The van der Waals surface area contributed by atoms with Crippen LogP contribution >= 0.6 is 0 Å². The average Bonchev–Trinajstić information content (AvgIpc) is 1.88. The molecule has 1 fully saturated rings. The number of likely N-dealkylation sites (N-methyl/N-ethyl adjacent to an activating group) is 1. The third-order valence-corrected chi connectivity index (χ3v) is 2.17. The fourth-order valence-corrected chi connectivity index (χ4v) is 1.39. The van der Waals surface area contributed by atoms with Crippen LogP contribution in [0.5, 0.6) is 0 Å². The minimum atomic E-state index is 0.295. The number of morpholine rings is 1. The van der Waals surface area contributed by atoms with E-state index in [4.69, 9.17) is 10.5 Å². The predicted octanol–water partition coefficient (Wildman–Crippen LogP) is -0.336. The highest BCUT2D eigenvalue weighted by molar-refractivity contribution is 4.79. The molecule has 0 aromatic heterocycles. The van der Waals surface area contributed by atoms with Crippen LogP contribution in [0.25, 0.3) is 0 Å². The van der Waals surface area contributed by atoms with Crippen LogP contribution in [-0.2, 0) is 4.74 Å². The Balaban J connectivity index is 2.45. The Bertz CT molecular complexity index is 97.8. The van der Waals surface area contributed by atoms with Crippen molar-refractivity contribution in [1.29, 1.82) is 0 Å². The smallest absolute Gasteiger partial charge is 0.0714 e. The van der Waals surface area contributed by atoms with Crippen LogP contribution in [0, 0.1) is 0 Å². The molecule has 1 aliphatic heterocycles. The summed E-state index contributed by atoms with van der Waals surface area (Å²) in [6.45, 7) is 4.62. The maximum atomic E-state index is 5.56. The predicted molar refractivity (Wildman–Crippen MR) is 40.9 cm³/mol. The summed E-state index contributed by atoms with van der Waals surface area (Å²) in [7, 11) is 2.09. The van der Waals surface area contributed by atoms with Gasteiger partial charge in [-0.3, -0.25) is 4.90 Å². The van der Waals surface area contributed by atoms with Crippen molar-refractivity contribution in [2.75, 3.05) is 26.7 Å². The number of nitrogens with zero attached hydrogens (tertiary/aromatic N) is 1. The lowest BCUT2D eigenvalue weighted by Crippen LogP contribution is -2.51. The molecule has 1 aliphatic rings. The molecule has 0 saturated carbocycles. The standard InChI is InChI=1S/C7H16N2O/c1-6-7(5-8)9(2)3-4-10-6/h6-7H,3-5,8H2,1-2H3. The van der Waals surface area contributed by atoms with Gasteiger partial charge in [-0.2, -0.15) is 0 Å². The molecule has 0 aromatic rings. The second kappa shape index (κ2) is 3.32. The minimum absolute atomic E-state index is 0.295. The summed E-state index contributed by atoms with van der Waals surface area (Å²) < 4.78 is 5.43. The zero-order valence-corrected chi connectivity index (χ0v) is 6.71. The van der Waals surface area contributed by atoms with E-state index >= 15 is 0 Å². The second-order valence-electron chi connectivity index (χ2n) is 2.86. The highest BCUT2D eigenvalue weighted by Gasteiger charge is 2.24. The lowest BCUT2D eigenvalue weighted by atomic mass is 10.1. The molecular weight excluding hydrogens is 128 g/mol. The van der Waals surface area contributed by atoms with Gasteiger partial charge in [0, 0.05) is 19.1 Å². The molecule has 10 heavy (non-hydrogen) atoms. The molecule has 3 heteroatoms. The molecule has 0 radical (unpaired) electrons. The Morgan fingerprint density at radius 2 is 2.40 bits per heavy atom. The molecule has 3 nitrogen and oxygen atoms in total. The van der Waals surface area contributed by atoms with Crippen LogP contribution in [0.4, 0.5) is 0 Å². The van der Waals surface area contributed by atoms with E-state index in [2.05, 4.69) is 18.9 Å². The maximum absolute atomic E-state index is 5.56. The van der Waals surface area contributed by atoms with Crippen molar-refractivity contribution in [3.63, 3.8) is 0 Å². The lowest BCUT2D eigenvalue weighted by molar-refractivity contribution is -0.0479. The Labute approximate surface area is 62.1 Å². The largest absolute Gasteiger partial charge is 0.376 e. The van der Waals surface area contributed by atoms with E-state index in [0.29, 0.717) is 18.7 Å². The van der Waals surface area contributed by atoms with Gasteiger partial charge in [-0.05, 0) is 14.0 Å². The topological polar surface area (TPSA) is 38.5 Å². The van der Waals surface area contributed by atoms with Crippen molar-refractivity contribution >= 4 is 0 Å². The molecule has 2 unspecified atom stereocenters. The summed E-state index contributed by atoms with van der Waals surface area (Å²) in [4.78, 5) is 2.26. The molecule has 0 aromatic carbocycles. The van der Waals surface area contributed by atoms with Crippen LogP contribution in [0.15, 0.2) is 0 Å². The van der Waals surface area contributed by atoms with E-state index in [-0.39, 0.29) is 0 Å². The Kier molecular flexibility index (Phi) is 2.65. The van der Waals surface area contributed by atoms with Crippen molar-refractivity contribution in [2.45, 2.75) is 19.1 Å². The molecule has 60 valence electrons. The summed E-state index contributed by atoms with van der Waals surface area (Å²) >= 11 is 0. The molecule has 0 spiro atoms. The fourth-order valence-electron chi connectivity index (χ4n) is 1.39. The van der Waals surface area contributed by atoms with Gasteiger partial charge in [-0.25, -0.2) is 0 Å². The zero-order valence-electron chi connectivity index (χ0n) is 6.71. The van der Waals surface area contributed by atoms with Gasteiger partial charge in [-0.15, -0.1) is 0 Å². The van der Waals surface area contributed by atoms with Crippen LogP contribution < -0.4 is 5.73 Å². The SMILES string of the molecule is CC1OCCN(C)C1CN. The van der Waals surface area contributed by atoms with Gasteiger partial charge in [0.2, 0.25) is 0 Å². The number of ether oxygens (including phenoxy) is 1. The van der Waals surface area contributed by atoms with Gasteiger partial charge < -0.3 is 10.5 Å². The number of hydrogen-bond donors (Lipinski definition) is 1. The van der Waals surface area contributed by atoms with Gasteiger partial charge in [0.05, 0.1) is 12.7 Å². The molecule has 2 atom stereocenters. The van der Waals surface area contributed by atoms with Crippen LogP contribution in [0.2, 0.25) is 0 Å². The van der Waals surface area contributed by atoms with E-state index in [0.717, 1.165) is 13.2 Å². The van der Waals surface area contributed by atoms with E-state index < -0.39 is 0 Å². The molecule has 1 rings (SSSR count). The normalized spacial score (nSPS) is 36.3. The Morgan fingerprint density at radius 3 is 2.80 bits per heavy atom. The first kappa shape index (κ1) is 7.98. The molecule has 1 heterocycles. The second-order valence-corrected chi connectivity index (χ2v) is 2.86. The van der Waals surface area contributed by atoms with Gasteiger partial charge in [0.1, 0.15) is 0 Å².